The Balaban J connectivity index is 0.000000791. The van der Waals surface area contributed by atoms with Crippen molar-refractivity contribution in [3.05, 3.63) is 23.0 Å². The summed E-state index contributed by atoms with van der Waals surface area (Å²) in [5.41, 5.74) is 0.537. The molecule has 1 heterocycles. The Labute approximate surface area is 86.9 Å². The number of nitrogens with zero attached hydrogens (tertiary/aromatic N) is 1. The summed E-state index contributed by atoms with van der Waals surface area (Å²) in [5, 5.41) is 0.258. The fraction of sp³-hybridized carbons (Fsp3) is 0.444. The van der Waals surface area contributed by atoms with E-state index in [4.69, 9.17) is 11.6 Å². The Morgan fingerprint density at radius 3 is 2.43 bits per heavy atom. The predicted molar refractivity (Wildman–Crippen MR) is 52.0 cm³/mol. The van der Waals surface area contributed by atoms with Crippen LogP contribution in [0.1, 0.15) is 19.4 Å². The van der Waals surface area contributed by atoms with Gasteiger partial charge in [0.2, 0.25) is 0 Å². The Hall–Kier alpha value is -0.900. The van der Waals surface area contributed by atoms with Crippen molar-refractivity contribution < 1.29 is 13.5 Å². The molecule has 0 atom stereocenters. The molecular weight excluding hydrogens is 212 g/mol. The van der Waals surface area contributed by atoms with Gasteiger partial charge in [-0.3, -0.25) is 0 Å². The lowest BCUT2D eigenvalue weighted by Crippen LogP contribution is -2.03. The molecular formula is C9H12ClF2NO. The van der Waals surface area contributed by atoms with Gasteiger partial charge in [-0.2, -0.15) is 8.78 Å². The lowest BCUT2D eigenvalue weighted by molar-refractivity contribution is -0.0505. The van der Waals surface area contributed by atoms with Gasteiger partial charge < -0.3 is 4.74 Å². The van der Waals surface area contributed by atoms with Crippen LogP contribution in [0.15, 0.2) is 12.3 Å². The molecule has 0 aliphatic heterocycles. The maximum Gasteiger partial charge on any atom is 0.387 e. The van der Waals surface area contributed by atoms with E-state index in [1.807, 2.05) is 13.8 Å². The zero-order valence-corrected chi connectivity index (χ0v) is 8.98. The molecule has 0 saturated heterocycles. The van der Waals surface area contributed by atoms with Gasteiger partial charge in [-0.05, 0) is 18.6 Å². The summed E-state index contributed by atoms with van der Waals surface area (Å²) in [6.45, 7) is 2.79. The molecule has 1 aromatic heterocycles. The maximum absolute atomic E-state index is 11.7. The Bertz CT molecular complexity index is 282. The zero-order chi connectivity index (χ0) is 11.1. The second-order valence-corrected chi connectivity index (χ2v) is 2.54. The summed E-state index contributed by atoms with van der Waals surface area (Å²) >= 11 is 5.50. The summed E-state index contributed by atoms with van der Waals surface area (Å²) in [5.74, 6) is 0.0504. The van der Waals surface area contributed by atoms with Gasteiger partial charge in [-0.1, -0.05) is 25.4 Å². The molecule has 1 rings (SSSR count). The summed E-state index contributed by atoms with van der Waals surface area (Å²) in [4.78, 5) is 3.60. The van der Waals surface area contributed by atoms with Crippen molar-refractivity contribution in [3.63, 3.8) is 0 Å². The first kappa shape index (κ1) is 13.1. The van der Waals surface area contributed by atoms with Crippen molar-refractivity contribution in [3.8, 4) is 5.75 Å². The molecule has 0 aliphatic rings. The number of aromatic nitrogens is 1. The summed E-state index contributed by atoms with van der Waals surface area (Å²) in [7, 11) is 0. The van der Waals surface area contributed by atoms with Gasteiger partial charge >= 0.3 is 6.61 Å². The Morgan fingerprint density at radius 2 is 2.00 bits per heavy atom. The number of rotatable bonds is 2. The highest BCUT2D eigenvalue weighted by atomic mass is 35.5. The van der Waals surface area contributed by atoms with Crippen molar-refractivity contribution in [1.29, 1.82) is 0 Å². The number of hydrogen-bond acceptors (Lipinski definition) is 2. The Kier molecular flexibility index (Phi) is 6.12. The zero-order valence-electron chi connectivity index (χ0n) is 8.22. The number of pyridine rings is 1. The Morgan fingerprint density at radius 1 is 1.43 bits per heavy atom. The van der Waals surface area contributed by atoms with E-state index in [-0.39, 0.29) is 10.9 Å². The van der Waals surface area contributed by atoms with Crippen LogP contribution in [-0.2, 0) is 0 Å². The average Bonchev–Trinajstić information content (AvgIpc) is 2.13. The summed E-state index contributed by atoms with van der Waals surface area (Å²) < 4.78 is 27.6. The third kappa shape index (κ3) is 4.37. The predicted octanol–water partition coefficient (Wildman–Crippen LogP) is 3.67. The first-order chi connectivity index (χ1) is 6.59. The second-order valence-electron chi connectivity index (χ2n) is 2.15. The summed E-state index contributed by atoms with van der Waals surface area (Å²) in [6, 6.07) is 1.46. The number of aryl methyl sites for hydroxylation is 1. The van der Waals surface area contributed by atoms with E-state index >= 15 is 0 Å². The van der Waals surface area contributed by atoms with Gasteiger partial charge in [-0.25, -0.2) is 4.98 Å². The molecule has 0 unspecified atom stereocenters. The van der Waals surface area contributed by atoms with Crippen molar-refractivity contribution >= 4 is 11.6 Å². The lowest BCUT2D eigenvalue weighted by atomic mass is 10.3. The van der Waals surface area contributed by atoms with Gasteiger partial charge in [-0.15, -0.1) is 0 Å². The molecule has 0 spiro atoms. The molecule has 0 radical (unpaired) electrons. The highest BCUT2D eigenvalue weighted by molar-refractivity contribution is 6.29. The van der Waals surface area contributed by atoms with Crippen LogP contribution in [0.4, 0.5) is 8.78 Å². The standard InChI is InChI=1S/C7H6ClF2NO.C2H6/c1-4-2-6(8)11-3-5(4)12-7(9)10;1-2/h2-3,7H,1H3;1-2H3. The van der Waals surface area contributed by atoms with Crippen LogP contribution in [0.5, 0.6) is 5.75 Å². The fourth-order valence-corrected chi connectivity index (χ4v) is 0.941. The van der Waals surface area contributed by atoms with E-state index in [0.717, 1.165) is 0 Å². The van der Waals surface area contributed by atoms with Crippen LogP contribution in [-0.4, -0.2) is 11.6 Å². The van der Waals surface area contributed by atoms with Gasteiger partial charge in [0.15, 0.2) is 0 Å². The molecule has 14 heavy (non-hydrogen) atoms. The van der Waals surface area contributed by atoms with Crippen LogP contribution in [0.2, 0.25) is 5.15 Å². The van der Waals surface area contributed by atoms with Gasteiger partial charge in [0, 0.05) is 0 Å². The minimum absolute atomic E-state index is 0.0504. The van der Waals surface area contributed by atoms with E-state index < -0.39 is 6.61 Å². The quantitative estimate of drug-likeness (QED) is 0.714. The van der Waals surface area contributed by atoms with E-state index in [2.05, 4.69) is 9.72 Å². The first-order valence-corrected chi connectivity index (χ1v) is 4.54. The summed E-state index contributed by atoms with van der Waals surface area (Å²) in [6.07, 6.45) is 1.17. The third-order valence-electron chi connectivity index (χ3n) is 1.25. The molecule has 0 fully saturated rings. The van der Waals surface area contributed by atoms with Crippen LogP contribution in [0, 0.1) is 6.92 Å². The van der Waals surface area contributed by atoms with Crippen molar-refractivity contribution in [2.75, 3.05) is 0 Å². The number of alkyl halides is 2. The average molecular weight is 224 g/mol. The fourth-order valence-electron chi connectivity index (χ4n) is 0.729. The molecule has 5 heteroatoms. The first-order valence-electron chi connectivity index (χ1n) is 4.16. The molecule has 0 aliphatic carbocycles. The molecule has 0 saturated carbocycles. The van der Waals surface area contributed by atoms with E-state index in [1.54, 1.807) is 6.92 Å². The maximum atomic E-state index is 11.7. The SMILES string of the molecule is CC.Cc1cc(Cl)ncc1OC(F)F. The molecule has 0 amide bonds. The lowest BCUT2D eigenvalue weighted by Gasteiger charge is -2.06. The third-order valence-corrected chi connectivity index (χ3v) is 1.45. The van der Waals surface area contributed by atoms with Crippen LogP contribution >= 0.6 is 11.6 Å². The second kappa shape index (κ2) is 6.54. The van der Waals surface area contributed by atoms with Crippen molar-refractivity contribution in [2.45, 2.75) is 27.4 Å². The highest BCUT2D eigenvalue weighted by Gasteiger charge is 2.07. The van der Waals surface area contributed by atoms with Crippen molar-refractivity contribution in [2.24, 2.45) is 0 Å². The van der Waals surface area contributed by atoms with Crippen LogP contribution in [0.3, 0.4) is 0 Å². The molecule has 0 bridgehead atoms. The van der Waals surface area contributed by atoms with Crippen molar-refractivity contribution in [1.82, 2.24) is 4.98 Å². The normalized spacial score (nSPS) is 9.36. The highest BCUT2D eigenvalue weighted by Crippen LogP contribution is 2.20. The number of halogens is 3. The molecule has 0 N–H and O–H groups in total. The monoisotopic (exact) mass is 223 g/mol. The van der Waals surface area contributed by atoms with Crippen LogP contribution in [0.25, 0.3) is 0 Å². The van der Waals surface area contributed by atoms with E-state index in [9.17, 15) is 8.78 Å². The van der Waals surface area contributed by atoms with Gasteiger partial charge in [0.25, 0.3) is 0 Å². The smallest absolute Gasteiger partial charge is 0.387 e. The van der Waals surface area contributed by atoms with Gasteiger partial charge in [0.1, 0.15) is 10.9 Å². The topological polar surface area (TPSA) is 22.1 Å². The largest absolute Gasteiger partial charge is 0.433 e. The van der Waals surface area contributed by atoms with E-state index in [1.165, 1.54) is 12.3 Å². The molecule has 80 valence electrons. The molecule has 2 nitrogen and oxygen atoms in total. The van der Waals surface area contributed by atoms with Crippen LogP contribution < -0.4 is 4.74 Å². The number of ether oxygens (including phenoxy) is 1. The van der Waals surface area contributed by atoms with Gasteiger partial charge in [0.05, 0.1) is 6.20 Å². The number of hydrogen-bond donors (Lipinski definition) is 0. The minimum atomic E-state index is -2.83. The molecule has 0 aromatic carbocycles. The minimum Gasteiger partial charge on any atom is -0.433 e. The molecule has 1 aromatic rings. The van der Waals surface area contributed by atoms with E-state index in [0.29, 0.717) is 5.56 Å².